The lowest BCUT2D eigenvalue weighted by atomic mass is 10.0. The molecule has 1 aromatic rings. The molecule has 6 nitrogen and oxygen atoms in total. The van der Waals surface area contributed by atoms with Crippen molar-refractivity contribution < 1.29 is 19.4 Å². The second kappa shape index (κ2) is 5.75. The van der Waals surface area contributed by atoms with Crippen LogP contribution in [0.1, 0.15) is 17.3 Å². The zero-order chi connectivity index (χ0) is 14.7. The van der Waals surface area contributed by atoms with Crippen LogP contribution < -0.4 is 15.4 Å². The van der Waals surface area contributed by atoms with Crippen molar-refractivity contribution in [3.05, 3.63) is 34.9 Å². The van der Waals surface area contributed by atoms with Crippen LogP contribution in [-0.2, 0) is 4.79 Å². The number of anilines is 1. The summed E-state index contributed by atoms with van der Waals surface area (Å²) in [6, 6.07) is 4.33. The third-order valence-corrected chi connectivity index (χ3v) is 3.24. The lowest BCUT2D eigenvalue weighted by molar-refractivity contribution is -0.112. The average molecular weight is 276 g/mol. The maximum absolute atomic E-state index is 12.1. The molecule has 0 bridgehead atoms. The summed E-state index contributed by atoms with van der Waals surface area (Å²) in [4.78, 5) is 23.1. The standard InChI is InChI=1S/C14H16N2O4/c1-8(10-6-15-7-10)13(17)16-11-5-9(14(18)19)3-4-12(11)20-2/h3-5,15H,6-7H2,1-2H3,(H,16,17)(H,18,19). The Morgan fingerprint density at radius 1 is 1.35 bits per heavy atom. The topological polar surface area (TPSA) is 87.7 Å². The Kier molecular flexibility index (Phi) is 4.05. The number of amides is 1. The molecule has 1 amide bonds. The first-order valence-electron chi connectivity index (χ1n) is 6.15. The first-order valence-corrected chi connectivity index (χ1v) is 6.15. The second-order valence-corrected chi connectivity index (χ2v) is 4.51. The van der Waals surface area contributed by atoms with E-state index in [9.17, 15) is 9.59 Å². The van der Waals surface area contributed by atoms with E-state index in [1.807, 2.05) is 0 Å². The molecule has 0 radical (unpaired) electrons. The predicted octanol–water partition coefficient (Wildman–Crippen LogP) is 1.25. The van der Waals surface area contributed by atoms with E-state index in [1.54, 1.807) is 6.92 Å². The van der Waals surface area contributed by atoms with Gasteiger partial charge in [0.25, 0.3) is 5.91 Å². The monoisotopic (exact) mass is 276 g/mol. The van der Waals surface area contributed by atoms with Crippen molar-refractivity contribution in [2.24, 2.45) is 0 Å². The number of hydrogen-bond acceptors (Lipinski definition) is 4. The van der Waals surface area contributed by atoms with Gasteiger partial charge in [-0.2, -0.15) is 0 Å². The number of rotatable bonds is 4. The molecule has 0 aromatic heterocycles. The summed E-state index contributed by atoms with van der Waals surface area (Å²) < 4.78 is 5.13. The fourth-order valence-corrected chi connectivity index (χ4v) is 1.83. The zero-order valence-corrected chi connectivity index (χ0v) is 11.3. The zero-order valence-electron chi connectivity index (χ0n) is 11.3. The molecule has 0 saturated carbocycles. The highest BCUT2D eigenvalue weighted by Crippen LogP contribution is 2.26. The van der Waals surface area contributed by atoms with Crippen LogP contribution in [0.5, 0.6) is 5.75 Å². The van der Waals surface area contributed by atoms with Crippen LogP contribution in [-0.4, -0.2) is 37.2 Å². The molecule has 1 aliphatic heterocycles. The van der Waals surface area contributed by atoms with Crippen molar-refractivity contribution in [1.82, 2.24) is 5.32 Å². The van der Waals surface area contributed by atoms with Gasteiger partial charge >= 0.3 is 5.97 Å². The van der Waals surface area contributed by atoms with Crippen molar-refractivity contribution in [2.45, 2.75) is 6.92 Å². The quantitative estimate of drug-likeness (QED) is 0.720. The number of hydrogen-bond donors (Lipinski definition) is 3. The molecule has 1 saturated heterocycles. The molecule has 1 aliphatic rings. The number of carbonyl (C=O) groups excluding carboxylic acids is 1. The summed E-state index contributed by atoms with van der Waals surface area (Å²) in [7, 11) is 1.46. The third kappa shape index (κ3) is 2.80. The first kappa shape index (κ1) is 14.1. The Morgan fingerprint density at radius 2 is 2.05 bits per heavy atom. The molecular weight excluding hydrogens is 260 g/mol. The Labute approximate surface area is 116 Å². The summed E-state index contributed by atoms with van der Waals surface area (Å²) in [5.41, 5.74) is 2.14. The van der Waals surface area contributed by atoms with Crippen LogP contribution in [0.4, 0.5) is 5.69 Å². The molecule has 1 fully saturated rings. The highest BCUT2D eigenvalue weighted by atomic mass is 16.5. The molecule has 0 aliphatic carbocycles. The minimum atomic E-state index is -1.05. The fourth-order valence-electron chi connectivity index (χ4n) is 1.83. The Balaban J connectivity index is 2.25. The van der Waals surface area contributed by atoms with Gasteiger partial charge < -0.3 is 20.5 Å². The minimum absolute atomic E-state index is 0.0942. The smallest absolute Gasteiger partial charge is 0.335 e. The SMILES string of the molecule is COc1ccc(C(=O)O)cc1NC(=O)C(C)=C1CNC1. The summed E-state index contributed by atoms with van der Waals surface area (Å²) >= 11 is 0. The van der Waals surface area contributed by atoms with Crippen molar-refractivity contribution in [3.63, 3.8) is 0 Å². The Hall–Kier alpha value is -2.34. The number of carboxylic acids is 1. The predicted molar refractivity (Wildman–Crippen MR) is 74.2 cm³/mol. The van der Waals surface area contributed by atoms with Crippen LogP contribution in [0.15, 0.2) is 29.3 Å². The highest BCUT2D eigenvalue weighted by molar-refractivity contribution is 6.05. The van der Waals surface area contributed by atoms with Crippen molar-refractivity contribution in [1.29, 1.82) is 0 Å². The average Bonchev–Trinajstić information content (AvgIpc) is 2.36. The van der Waals surface area contributed by atoms with Gasteiger partial charge in [-0.25, -0.2) is 4.79 Å². The molecule has 1 aromatic carbocycles. The number of benzene rings is 1. The highest BCUT2D eigenvalue weighted by Gasteiger charge is 2.18. The summed E-state index contributed by atoms with van der Waals surface area (Å²) in [5, 5.41) is 14.7. The number of ether oxygens (including phenoxy) is 1. The van der Waals surface area contributed by atoms with Gasteiger partial charge in [-0.3, -0.25) is 4.79 Å². The van der Waals surface area contributed by atoms with Crippen LogP contribution in [0, 0.1) is 0 Å². The van der Waals surface area contributed by atoms with Crippen LogP contribution >= 0.6 is 0 Å². The Bertz CT molecular complexity index is 587. The fraction of sp³-hybridized carbons (Fsp3) is 0.286. The van der Waals surface area contributed by atoms with Gasteiger partial charge in [0, 0.05) is 18.7 Å². The lowest BCUT2D eigenvalue weighted by Crippen LogP contribution is -2.36. The largest absolute Gasteiger partial charge is 0.495 e. The molecule has 3 N–H and O–H groups in total. The maximum atomic E-state index is 12.1. The van der Waals surface area contributed by atoms with E-state index in [-0.39, 0.29) is 11.5 Å². The van der Waals surface area contributed by atoms with Crippen molar-refractivity contribution in [2.75, 3.05) is 25.5 Å². The number of nitrogens with one attached hydrogen (secondary N) is 2. The van der Waals surface area contributed by atoms with Gasteiger partial charge in [-0.05, 0) is 30.7 Å². The number of aromatic carboxylic acids is 1. The molecule has 20 heavy (non-hydrogen) atoms. The third-order valence-electron chi connectivity index (χ3n) is 3.24. The number of methoxy groups -OCH3 is 1. The van der Waals surface area contributed by atoms with E-state index in [2.05, 4.69) is 10.6 Å². The normalized spacial score (nSPS) is 13.4. The van der Waals surface area contributed by atoms with Crippen LogP contribution in [0.3, 0.4) is 0 Å². The van der Waals surface area contributed by atoms with E-state index in [0.717, 1.165) is 5.57 Å². The molecular formula is C14H16N2O4. The molecule has 0 atom stereocenters. The lowest BCUT2D eigenvalue weighted by Gasteiger charge is -2.21. The molecule has 2 rings (SSSR count). The van der Waals surface area contributed by atoms with E-state index in [4.69, 9.17) is 9.84 Å². The van der Waals surface area contributed by atoms with Gasteiger partial charge in [0.15, 0.2) is 0 Å². The minimum Gasteiger partial charge on any atom is -0.495 e. The van der Waals surface area contributed by atoms with Crippen LogP contribution in [0.2, 0.25) is 0 Å². The number of carboxylic acid groups (broad SMARTS) is 1. The van der Waals surface area contributed by atoms with E-state index in [1.165, 1.54) is 25.3 Å². The van der Waals surface area contributed by atoms with Gasteiger partial charge in [0.05, 0.1) is 18.4 Å². The summed E-state index contributed by atoms with van der Waals surface area (Å²) in [6.07, 6.45) is 0. The first-order chi connectivity index (χ1) is 9.52. The molecule has 1 heterocycles. The number of carbonyl (C=O) groups is 2. The molecule has 106 valence electrons. The summed E-state index contributed by atoms with van der Waals surface area (Å²) in [6.45, 7) is 3.18. The van der Waals surface area contributed by atoms with Gasteiger partial charge in [-0.15, -0.1) is 0 Å². The van der Waals surface area contributed by atoms with E-state index < -0.39 is 5.97 Å². The van der Waals surface area contributed by atoms with Crippen molar-refractivity contribution in [3.8, 4) is 5.75 Å². The van der Waals surface area contributed by atoms with Gasteiger partial charge in [0.2, 0.25) is 0 Å². The summed E-state index contributed by atoms with van der Waals surface area (Å²) in [5.74, 6) is -0.878. The van der Waals surface area contributed by atoms with E-state index >= 15 is 0 Å². The van der Waals surface area contributed by atoms with Crippen LogP contribution in [0.25, 0.3) is 0 Å². The van der Waals surface area contributed by atoms with Crippen molar-refractivity contribution >= 4 is 17.6 Å². The Morgan fingerprint density at radius 3 is 2.55 bits per heavy atom. The van der Waals surface area contributed by atoms with Gasteiger partial charge in [-0.1, -0.05) is 0 Å². The van der Waals surface area contributed by atoms with E-state index in [0.29, 0.717) is 30.1 Å². The van der Waals surface area contributed by atoms with Gasteiger partial charge in [0.1, 0.15) is 5.75 Å². The second-order valence-electron chi connectivity index (χ2n) is 4.51. The maximum Gasteiger partial charge on any atom is 0.335 e. The molecule has 0 spiro atoms. The molecule has 0 unspecified atom stereocenters. The molecule has 6 heteroatoms.